The second-order valence-corrected chi connectivity index (χ2v) is 5.04. The topological polar surface area (TPSA) is 59.4 Å². The van der Waals surface area contributed by atoms with E-state index in [1.807, 2.05) is 30.3 Å². The molecular formula is C17H15NO3. The van der Waals surface area contributed by atoms with E-state index in [0.717, 1.165) is 29.0 Å². The molecule has 4 nitrogen and oxygen atoms in total. The highest BCUT2D eigenvalue weighted by Crippen LogP contribution is 2.29. The number of ether oxygens (including phenoxy) is 1. The number of hydrogen-bond donors (Lipinski definition) is 1. The Morgan fingerprint density at radius 1 is 1.38 bits per heavy atom. The van der Waals surface area contributed by atoms with Gasteiger partial charge in [0, 0.05) is 6.20 Å². The summed E-state index contributed by atoms with van der Waals surface area (Å²) >= 11 is 0. The first kappa shape index (κ1) is 13.4. The predicted octanol–water partition coefficient (Wildman–Crippen LogP) is 2.97. The lowest BCUT2D eigenvalue weighted by Gasteiger charge is -2.06. The number of methoxy groups -OCH3 is 1. The van der Waals surface area contributed by atoms with Gasteiger partial charge in [0.1, 0.15) is 5.75 Å². The molecule has 1 heterocycles. The number of aromatic nitrogens is 1. The van der Waals surface area contributed by atoms with Gasteiger partial charge in [-0.3, -0.25) is 4.98 Å². The van der Waals surface area contributed by atoms with E-state index in [2.05, 4.69) is 4.98 Å². The van der Waals surface area contributed by atoms with Crippen LogP contribution in [0.15, 0.2) is 42.1 Å². The Labute approximate surface area is 122 Å². The second kappa shape index (κ2) is 5.40. The minimum absolute atomic E-state index is 0.344. The molecule has 0 unspecified atom stereocenters. The molecule has 1 aliphatic rings. The maximum atomic E-state index is 11.2. The number of fused-ring (bicyclic) bond motifs is 1. The van der Waals surface area contributed by atoms with Crippen LogP contribution in [0.5, 0.6) is 5.75 Å². The molecule has 0 amide bonds. The second-order valence-electron chi connectivity index (χ2n) is 5.04. The van der Waals surface area contributed by atoms with Gasteiger partial charge in [-0.15, -0.1) is 0 Å². The first-order valence-corrected chi connectivity index (χ1v) is 6.71. The normalized spacial score (nSPS) is 12.7. The van der Waals surface area contributed by atoms with E-state index in [1.54, 1.807) is 19.4 Å². The highest BCUT2D eigenvalue weighted by atomic mass is 16.5. The average molecular weight is 281 g/mol. The van der Waals surface area contributed by atoms with Gasteiger partial charge in [-0.05, 0) is 48.2 Å². The van der Waals surface area contributed by atoms with Gasteiger partial charge in [0.05, 0.1) is 18.4 Å². The molecule has 0 atom stereocenters. The number of nitrogens with zero attached hydrogens (tertiary/aromatic N) is 1. The summed E-state index contributed by atoms with van der Waals surface area (Å²) in [5, 5.41) is 9.23. The van der Waals surface area contributed by atoms with E-state index in [0.29, 0.717) is 12.0 Å². The maximum absolute atomic E-state index is 11.2. The Bertz CT molecular complexity index is 735. The summed E-state index contributed by atoms with van der Waals surface area (Å²) in [7, 11) is 1.65. The van der Waals surface area contributed by atoms with E-state index in [9.17, 15) is 9.90 Å². The van der Waals surface area contributed by atoms with Crippen LogP contribution in [0, 0.1) is 0 Å². The fourth-order valence-electron chi connectivity index (χ4n) is 2.65. The van der Waals surface area contributed by atoms with E-state index in [4.69, 9.17) is 4.74 Å². The molecule has 21 heavy (non-hydrogen) atoms. The van der Waals surface area contributed by atoms with Crippen molar-refractivity contribution < 1.29 is 14.6 Å². The minimum atomic E-state index is -0.898. The highest BCUT2D eigenvalue weighted by molar-refractivity contribution is 5.91. The van der Waals surface area contributed by atoms with Crippen LogP contribution in [0.4, 0.5) is 0 Å². The van der Waals surface area contributed by atoms with Crippen molar-refractivity contribution in [1.29, 1.82) is 0 Å². The average Bonchev–Trinajstić information content (AvgIpc) is 2.89. The summed E-state index contributed by atoms with van der Waals surface area (Å²) in [5.74, 6) is -0.0716. The van der Waals surface area contributed by atoms with E-state index < -0.39 is 5.97 Å². The summed E-state index contributed by atoms with van der Waals surface area (Å²) in [6, 6.07) is 9.46. The Morgan fingerprint density at radius 2 is 2.24 bits per heavy atom. The van der Waals surface area contributed by atoms with Crippen LogP contribution in [0.1, 0.15) is 27.2 Å². The molecule has 0 fully saturated rings. The zero-order valence-corrected chi connectivity index (χ0v) is 11.7. The van der Waals surface area contributed by atoms with Gasteiger partial charge < -0.3 is 9.84 Å². The number of rotatable bonds is 4. The highest BCUT2D eigenvalue weighted by Gasteiger charge is 2.20. The van der Waals surface area contributed by atoms with Crippen LogP contribution in [0.25, 0.3) is 6.08 Å². The van der Waals surface area contributed by atoms with Crippen LogP contribution in [-0.4, -0.2) is 23.2 Å². The van der Waals surface area contributed by atoms with Crippen molar-refractivity contribution in [3.8, 4) is 5.75 Å². The third-order valence-electron chi connectivity index (χ3n) is 3.63. The number of hydrogen-bond acceptors (Lipinski definition) is 3. The molecule has 0 saturated carbocycles. The summed E-state index contributed by atoms with van der Waals surface area (Å²) in [6.07, 6.45) is 4.95. The van der Waals surface area contributed by atoms with Crippen molar-refractivity contribution >= 4 is 12.0 Å². The van der Waals surface area contributed by atoms with E-state index >= 15 is 0 Å². The third kappa shape index (κ3) is 2.65. The van der Waals surface area contributed by atoms with Crippen molar-refractivity contribution in [3.05, 3.63) is 64.5 Å². The molecule has 0 spiro atoms. The van der Waals surface area contributed by atoms with Gasteiger partial charge in [-0.2, -0.15) is 0 Å². The number of carbonyl (C=O) groups is 1. The molecule has 4 heteroatoms. The molecular weight excluding hydrogens is 266 g/mol. The Hall–Kier alpha value is -2.62. The zero-order chi connectivity index (χ0) is 14.8. The first-order chi connectivity index (χ1) is 10.2. The summed E-state index contributed by atoms with van der Waals surface area (Å²) in [5.41, 5.74) is 4.23. The summed E-state index contributed by atoms with van der Waals surface area (Å²) in [4.78, 5) is 15.5. The molecule has 3 rings (SSSR count). The number of carboxylic acid groups (broad SMARTS) is 1. The number of pyridine rings is 1. The number of allylic oxidation sites excluding steroid dienone is 1. The lowest BCUT2D eigenvalue weighted by molar-refractivity contribution is 0.0695. The van der Waals surface area contributed by atoms with Gasteiger partial charge >= 0.3 is 5.97 Å². The number of benzene rings is 1. The smallest absolute Gasteiger partial charge is 0.336 e. The number of carboxylic acids is 1. The molecule has 1 aromatic carbocycles. The predicted molar refractivity (Wildman–Crippen MR) is 79.6 cm³/mol. The fourth-order valence-corrected chi connectivity index (χ4v) is 2.65. The van der Waals surface area contributed by atoms with Crippen molar-refractivity contribution in [1.82, 2.24) is 4.98 Å². The molecule has 0 radical (unpaired) electrons. The van der Waals surface area contributed by atoms with Crippen molar-refractivity contribution in [3.63, 3.8) is 0 Å². The molecule has 1 N–H and O–H groups in total. The van der Waals surface area contributed by atoms with E-state index in [1.165, 1.54) is 5.57 Å². The van der Waals surface area contributed by atoms with Crippen LogP contribution in [0.2, 0.25) is 0 Å². The largest absolute Gasteiger partial charge is 0.497 e. The van der Waals surface area contributed by atoms with Crippen molar-refractivity contribution in [2.24, 2.45) is 0 Å². The van der Waals surface area contributed by atoms with Gasteiger partial charge in [-0.1, -0.05) is 17.7 Å². The molecule has 2 aromatic rings. The molecule has 106 valence electrons. The lowest BCUT2D eigenvalue weighted by Crippen LogP contribution is -2.03. The monoisotopic (exact) mass is 281 g/mol. The minimum Gasteiger partial charge on any atom is -0.497 e. The molecule has 1 aliphatic carbocycles. The van der Waals surface area contributed by atoms with Gasteiger partial charge in [0.15, 0.2) is 0 Å². The standard InChI is InChI=1S/C17H15NO3/c1-21-13-4-2-3-11(8-13)7-12-9-15-14(17(19)20)5-6-18-16(15)10-12/h2-6,8,10H,7,9H2,1H3,(H,19,20). The number of aromatic carboxylic acids is 1. The Kier molecular flexibility index (Phi) is 3.44. The van der Waals surface area contributed by atoms with Crippen molar-refractivity contribution in [2.45, 2.75) is 12.8 Å². The zero-order valence-electron chi connectivity index (χ0n) is 11.7. The third-order valence-corrected chi connectivity index (χ3v) is 3.63. The van der Waals surface area contributed by atoms with Gasteiger partial charge in [0.2, 0.25) is 0 Å². The Balaban J connectivity index is 1.84. The molecule has 1 aromatic heterocycles. The summed E-state index contributed by atoms with van der Waals surface area (Å²) < 4.78 is 5.22. The van der Waals surface area contributed by atoms with Gasteiger partial charge in [-0.25, -0.2) is 4.79 Å². The molecule has 0 bridgehead atoms. The fraction of sp³-hybridized carbons (Fsp3) is 0.176. The van der Waals surface area contributed by atoms with Gasteiger partial charge in [0.25, 0.3) is 0 Å². The first-order valence-electron chi connectivity index (χ1n) is 6.71. The van der Waals surface area contributed by atoms with Crippen LogP contribution in [-0.2, 0) is 12.8 Å². The van der Waals surface area contributed by atoms with E-state index in [-0.39, 0.29) is 0 Å². The van der Waals surface area contributed by atoms with Crippen LogP contribution >= 0.6 is 0 Å². The quantitative estimate of drug-likeness (QED) is 0.936. The van der Waals surface area contributed by atoms with Crippen LogP contribution < -0.4 is 4.74 Å². The lowest BCUT2D eigenvalue weighted by atomic mass is 10.0. The molecule has 0 aliphatic heterocycles. The maximum Gasteiger partial charge on any atom is 0.336 e. The Morgan fingerprint density at radius 3 is 3.00 bits per heavy atom. The SMILES string of the molecule is COc1cccc(CC2=Cc3nccc(C(=O)O)c3C2)c1. The molecule has 0 saturated heterocycles. The summed E-state index contributed by atoms with van der Waals surface area (Å²) in [6.45, 7) is 0. The van der Waals surface area contributed by atoms with Crippen LogP contribution in [0.3, 0.4) is 0 Å². The van der Waals surface area contributed by atoms with Crippen molar-refractivity contribution in [2.75, 3.05) is 7.11 Å².